The van der Waals surface area contributed by atoms with Gasteiger partial charge in [-0.2, -0.15) is 0 Å². The first-order valence-electron chi connectivity index (χ1n) is 6.36. The van der Waals surface area contributed by atoms with E-state index >= 15 is 0 Å². The summed E-state index contributed by atoms with van der Waals surface area (Å²) in [6.07, 6.45) is -0.906. The normalized spacial score (nSPS) is 29.1. The molecule has 0 unspecified atom stereocenters. The maximum absolute atomic E-state index is 10.9. The summed E-state index contributed by atoms with van der Waals surface area (Å²) in [7, 11) is 0. The lowest BCUT2D eigenvalue weighted by molar-refractivity contribution is -0.384. The molecule has 1 aromatic heterocycles. The van der Waals surface area contributed by atoms with Crippen LogP contribution in [0.5, 0.6) is 0 Å². The Morgan fingerprint density at radius 2 is 2.19 bits per heavy atom. The lowest BCUT2D eigenvalue weighted by Gasteiger charge is -2.32. The maximum Gasteiger partial charge on any atom is 0.271 e. The van der Waals surface area contributed by atoms with Gasteiger partial charge in [-0.05, 0) is 12.1 Å². The first kappa shape index (κ1) is 14.0. The van der Waals surface area contributed by atoms with E-state index < -0.39 is 29.5 Å². The zero-order chi connectivity index (χ0) is 15.2. The number of aromatic nitrogens is 1. The lowest BCUT2D eigenvalue weighted by Crippen LogP contribution is -2.48. The molecule has 1 saturated heterocycles. The third-order valence-corrected chi connectivity index (χ3v) is 3.85. The summed E-state index contributed by atoms with van der Waals surface area (Å²) < 4.78 is 6.84. The average molecular weight is 294 g/mol. The molecule has 8 nitrogen and oxygen atoms in total. The Kier molecular flexibility index (Phi) is 3.18. The number of hydrogen-bond donors (Lipinski definition) is 3. The molecule has 8 heteroatoms. The van der Waals surface area contributed by atoms with Gasteiger partial charge in [0, 0.05) is 23.7 Å². The number of fused-ring (bicyclic) bond motifs is 1. The Labute approximate surface area is 119 Å². The van der Waals surface area contributed by atoms with Gasteiger partial charge in [0.25, 0.3) is 5.69 Å². The van der Waals surface area contributed by atoms with Gasteiger partial charge in [-0.3, -0.25) is 10.1 Å². The number of hydrogen-bond acceptors (Lipinski definition) is 6. The molecule has 1 aromatic carbocycles. The second-order valence-corrected chi connectivity index (χ2v) is 5.01. The third kappa shape index (κ3) is 1.92. The zero-order valence-corrected chi connectivity index (χ0v) is 10.9. The topological polar surface area (TPSA) is 118 Å². The molecule has 21 heavy (non-hydrogen) atoms. The largest absolute Gasteiger partial charge is 0.391 e. The number of rotatable bonds is 3. The van der Waals surface area contributed by atoms with Crippen LogP contribution in [0.1, 0.15) is 0 Å². The van der Waals surface area contributed by atoms with Crippen molar-refractivity contribution in [2.24, 2.45) is 0 Å². The van der Waals surface area contributed by atoms with E-state index in [0.29, 0.717) is 10.9 Å². The van der Waals surface area contributed by atoms with E-state index in [4.69, 9.17) is 4.74 Å². The van der Waals surface area contributed by atoms with Gasteiger partial charge < -0.3 is 24.6 Å². The van der Waals surface area contributed by atoms with E-state index in [-0.39, 0.29) is 12.3 Å². The Morgan fingerprint density at radius 1 is 1.43 bits per heavy atom. The summed E-state index contributed by atoms with van der Waals surface area (Å²) in [4.78, 5) is 10.4. The highest BCUT2D eigenvalue weighted by atomic mass is 16.6. The summed E-state index contributed by atoms with van der Waals surface area (Å²) in [6, 6.07) is 5.98. The summed E-state index contributed by atoms with van der Waals surface area (Å²) >= 11 is 0. The van der Waals surface area contributed by atoms with Crippen molar-refractivity contribution in [3.8, 4) is 0 Å². The predicted octanol–water partition coefficient (Wildman–Crippen LogP) is -0.0534. The standard InChI is InChI=1S/C13H14N2O6/c16-7-13(12(18)11(17)6-21-13)14-4-3-8-1-2-9(15(19)20)5-10(8)14/h1-5,11-12,16-18H,6-7H2/t11-,12-,13-/m0/s1. The fourth-order valence-electron chi connectivity index (χ4n) is 2.69. The predicted molar refractivity (Wildman–Crippen MR) is 71.6 cm³/mol. The van der Waals surface area contributed by atoms with Crippen LogP contribution in [-0.4, -0.2) is 50.2 Å². The number of benzene rings is 1. The second kappa shape index (κ2) is 4.78. The van der Waals surface area contributed by atoms with Gasteiger partial charge in [0.2, 0.25) is 0 Å². The fourth-order valence-corrected chi connectivity index (χ4v) is 2.69. The van der Waals surface area contributed by atoms with E-state index in [1.807, 2.05) is 0 Å². The molecule has 2 heterocycles. The molecule has 1 aliphatic rings. The van der Waals surface area contributed by atoms with Crippen LogP contribution >= 0.6 is 0 Å². The Balaban J connectivity index is 2.19. The quantitative estimate of drug-likeness (QED) is 0.539. The minimum absolute atomic E-state index is 0.108. The van der Waals surface area contributed by atoms with Gasteiger partial charge in [-0.15, -0.1) is 0 Å². The van der Waals surface area contributed by atoms with Crippen molar-refractivity contribution in [2.45, 2.75) is 17.9 Å². The van der Waals surface area contributed by atoms with Gasteiger partial charge in [-0.25, -0.2) is 0 Å². The second-order valence-electron chi connectivity index (χ2n) is 5.01. The molecule has 0 radical (unpaired) electrons. The molecule has 3 atom stereocenters. The molecule has 0 amide bonds. The van der Waals surface area contributed by atoms with Gasteiger partial charge >= 0.3 is 0 Å². The summed E-state index contributed by atoms with van der Waals surface area (Å²) in [5, 5.41) is 41.1. The Bertz CT molecular complexity index is 699. The number of aliphatic hydroxyl groups excluding tert-OH is 3. The van der Waals surface area contributed by atoms with Crippen molar-refractivity contribution >= 4 is 16.6 Å². The number of non-ortho nitro benzene ring substituents is 1. The summed E-state index contributed by atoms with van der Waals surface area (Å²) in [5.41, 5.74) is -1.22. The number of nitro benzene ring substituents is 1. The average Bonchev–Trinajstić information content (AvgIpc) is 3.02. The highest BCUT2D eigenvalue weighted by molar-refractivity contribution is 5.82. The molecule has 0 aliphatic carbocycles. The van der Waals surface area contributed by atoms with Gasteiger partial charge in [0.15, 0.2) is 5.72 Å². The molecule has 1 aliphatic heterocycles. The van der Waals surface area contributed by atoms with Gasteiger partial charge in [0.05, 0.1) is 23.7 Å². The van der Waals surface area contributed by atoms with Gasteiger partial charge in [-0.1, -0.05) is 0 Å². The number of ether oxygens (including phenoxy) is 1. The van der Waals surface area contributed by atoms with Crippen molar-refractivity contribution in [1.29, 1.82) is 0 Å². The molecular weight excluding hydrogens is 280 g/mol. The zero-order valence-electron chi connectivity index (χ0n) is 10.9. The van der Waals surface area contributed by atoms with Crippen molar-refractivity contribution in [1.82, 2.24) is 4.57 Å². The summed E-state index contributed by atoms with van der Waals surface area (Å²) in [5.74, 6) is 0. The van der Waals surface area contributed by atoms with E-state index in [9.17, 15) is 25.4 Å². The molecule has 2 aromatic rings. The van der Waals surface area contributed by atoms with E-state index in [0.717, 1.165) is 0 Å². The SMILES string of the molecule is O=[N+]([O-])c1ccc2ccn([C@@]3(CO)OC[C@H](O)[C@@H]3O)c2c1. The molecular formula is C13H14N2O6. The molecule has 0 bridgehead atoms. The smallest absolute Gasteiger partial charge is 0.271 e. The highest BCUT2D eigenvalue weighted by Crippen LogP contribution is 2.35. The molecule has 0 spiro atoms. The summed E-state index contributed by atoms with van der Waals surface area (Å²) in [6.45, 7) is -0.700. The van der Waals surface area contributed by atoms with Gasteiger partial charge in [0.1, 0.15) is 12.2 Å². The molecule has 3 rings (SSSR count). The minimum atomic E-state index is -1.55. The number of nitro groups is 1. The van der Waals surface area contributed by atoms with Crippen LogP contribution in [0.3, 0.4) is 0 Å². The Morgan fingerprint density at radius 3 is 2.76 bits per heavy atom. The molecule has 0 saturated carbocycles. The molecule has 1 fully saturated rings. The van der Waals surface area contributed by atoms with E-state index in [1.54, 1.807) is 18.3 Å². The molecule has 3 N–H and O–H groups in total. The Hall–Kier alpha value is -2.00. The van der Waals surface area contributed by atoms with Crippen LogP contribution in [0.4, 0.5) is 5.69 Å². The van der Waals surface area contributed by atoms with Crippen molar-refractivity contribution in [3.05, 3.63) is 40.6 Å². The van der Waals surface area contributed by atoms with Crippen LogP contribution in [0.2, 0.25) is 0 Å². The molecule has 112 valence electrons. The van der Waals surface area contributed by atoms with E-state index in [1.165, 1.54) is 16.7 Å². The van der Waals surface area contributed by atoms with Crippen LogP contribution < -0.4 is 0 Å². The van der Waals surface area contributed by atoms with Crippen LogP contribution in [0, 0.1) is 10.1 Å². The first-order valence-corrected chi connectivity index (χ1v) is 6.36. The lowest BCUT2D eigenvalue weighted by atomic mass is 10.1. The van der Waals surface area contributed by atoms with Crippen LogP contribution in [0.25, 0.3) is 10.9 Å². The third-order valence-electron chi connectivity index (χ3n) is 3.85. The minimum Gasteiger partial charge on any atom is -0.391 e. The van der Waals surface area contributed by atoms with Crippen molar-refractivity contribution in [3.63, 3.8) is 0 Å². The maximum atomic E-state index is 10.9. The fraction of sp³-hybridized carbons (Fsp3) is 0.385. The van der Waals surface area contributed by atoms with Crippen LogP contribution in [-0.2, 0) is 10.5 Å². The van der Waals surface area contributed by atoms with Crippen LogP contribution in [0.15, 0.2) is 30.5 Å². The first-order chi connectivity index (χ1) is 9.99. The van der Waals surface area contributed by atoms with Crippen molar-refractivity contribution in [2.75, 3.05) is 13.2 Å². The monoisotopic (exact) mass is 294 g/mol. The highest BCUT2D eigenvalue weighted by Gasteiger charge is 2.50. The van der Waals surface area contributed by atoms with Crippen molar-refractivity contribution < 1.29 is 25.0 Å². The number of aliphatic hydroxyl groups is 3. The number of nitrogens with zero attached hydrogens (tertiary/aromatic N) is 2. The van der Waals surface area contributed by atoms with E-state index in [2.05, 4.69) is 0 Å².